The molecule has 0 aliphatic rings. The first-order chi connectivity index (χ1) is 12.1. The van der Waals surface area contributed by atoms with E-state index in [2.05, 4.69) is 10.2 Å². The summed E-state index contributed by atoms with van der Waals surface area (Å²) in [4.78, 5) is 11.4. The lowest BCUT2D eigenvalue weighted by atomic mass is 10.2. The summed E-state index contributed by atoms with van der Waals surface area (Å²) in [6.07, 6.45) is 0. The maximum atomic E-state index is 14.2. The highest BCUT2D eigenvalue weighted by Crippen LogP contribution is 2.28. The molecule has 0 bridgehead atoms. The zero-order valence-electron chi connectivity index (χ0n) is 13.6. The Morgan fingerprint density at radius 1 is 1.16 bits per heavy atom. The third kappa shape index (κ3) is 3.88. The Bertz CT molecular complexity index is 882. The number of carbonyl (C=O) groups is 1. The Balaban J connectivity index is 2.05. The second-order valence-corrected chi connectivity index (χ2v) is 6.83. The van der Waals surface area contributed by atoms with Gasteiger partial charge in [-0.25, -0.2) is 4.39 Å². The van der Waals surface area contributed by atoms with Crippen LogP contribution in [0.2, 0.25) is 0 Å². The smallest absolute Gasteiger partial charge is 0.230 e. The van der Waals surface area contributed by atoms with Crippen molar-refractivity contribution in [3.05, 3.63) is 66.0 Å². The summed E-state index contributed by atoms with van der Waals surface area (Å²) in [5.74, 6) is -0.392. The van der Waals surface area contributed by atoms with Crippen LogP contribution in [0.25, 0.3) is 11.4 Å². The molecule has 7 heteroatoms. The number of aromatic nitrogens is 3. The molecule has 3 aromatic rings. The Morgan fingerprint density at radius 2 is 1.84 bits per heavy atom. The predicted molar refractivity (Wildman–Crippen MR) is 95.5 cm³/mol. The fraction of sp³-hybridized carbons (Fsp3) is 0.167. The van der Waals surface area contributed by atoms with Gasteiger partial charge in [-0.15, -0.1) is 10.2 Å². The van der Waals surface area contributed by atoms with E-state index in [1.54, 1.807) is 29.7 Å². The first-order valence-corrected chi connectivity index (χ1v) is 8.62. The number of nitrogens with two attached hydrogens (primary N) is 1. The molecule has 1 aromatic heterocycles. The first-order valence-electron chi connectivity index (χ1n) is 7.74. The van der Waals surface area contributed by atoms with Gasteiger partial charge in [0.1, 0.15) is 5.82 Å². The van der Waals surface area contributed by atoms with Crippen molar-refractivity contribution in [2.75, 3.05) is 0 Å². The van der Waals surface area contributed by atoms with E-state index in [9.17, 15) is 9.18 Å². The molecule has 0 unspecified atom stereocenters. The van der Waals surface area contributed by atoms with E-state index in [4.69, 9.17) is 5.73 Å². The second kappa shape index (κ2) is 7.48. The number of halogens is 1. The van der Waals surface area contributed by atoms with Crippen LogP contribution >= 0.6 is 11.8 Å². The molecule has 0 fully saturated rings. The molecule has 0 saturated heterocycles. The van der Waals surface area contributed by atoms with Gasteiger partial charge in [-0.3, -0.25) is 9.36 Å². The molecule has 0 spiro atoms. The Labute approximate surface area is 149 Å². The molecule has 0 radical (unpaired) electrons. The number of amides is 1. The Hall–Kier alpha value is -2.67. The maximum Gasteiger partial charge on any atom is 0.230 e. The minimum absolute atomic E-state index is 0.365. The van der Waals surface area contributed by atoms with E-state index in [1.807, 2.05) is 30.3 Å². The molecule has 1 amide bonds. The summed E-state index contributed by atoms with van der Waals surface area (Å²) < 4.78 is 16.0. The van der Waals surface area contributed by atoms with Crippen molar-refractivity contribution in [3.8, 4) is 11.4 Å². The number of nitrogens with zero attached hydrogens (tertiary/aromatic N) is 3. The van der Waals surface area contributed by atoms with Crippen molar-refractivity contribution in [2.24, 2.45) is 5.73 Å². The van der Waals surface area contributed by atoms with E-state index < -0.39 is 11.2 Å². The summed E-state index contributed by atoms with van der Waals surface area (Å²) in [5.41, 5.74) is 6.74. The average molecular weight is 356 g/mol. The fourth-order valence-corrected chi connectivity index (χ4v) is 3.14. The number of rotatable bonds is 6. The van der Waals surface area contributed by atoms with Gasteiger partial charge in [0.05, 0.1) is 17.4 Å². The number of thioether (sulfide) groups is 1. The highest BCUT2D eigenvalue weighted by atomic mass is 32.2. The molecule has 2 aromatic carbocycles. The number of benzene rings is 2. The van der Waals surface area contributed by atoms with Gasteiger partial charge < -0.3 is 5.73 Å². The van der Waals surface area contributed by atoms with Crippen LogP contribution in [0.4, 0.5) is 4.39 Å². The average Bonchev–Trinajstić information content (AvgIpc) is 2.98. The van der Waals surface area contributed by atoms with Gasteiger partial charge >= 0.3 is 0 Å². The Kier molecular flexibility index (Phi) is 5.14. The zero-order chi connectivity index (χ0) is 17.8. The molecule has 0 aliphatic heterocycles. The van der Waals surface area contributed by atoms with Crippen LogP contribution in [0.5, 0.6) is 0 Å². The third-order valence-corrected chi connectivity index (χ3v) is 4.80. The van der Waals surface area contributed by atoms with Crippen LogP contribution in [0.15, 0.2) is 59.8 Å². The van der Waals surface area contributed by atoms with Crippen LogP contribution < -0.4 is 5.73 Å². The third-order valence-electron chi connectivity index (χ3n) is 3.70. The van der Waals surface area contributed by atoms with Crippen molar-refractivity contribution >= 4 is 17.7 Å². The molecular formula is C18H17FN4OS. The van der Waals surface area contributed by atoms with E-state index in [0.29, 0.717) is 23.1 Å². The summed E-state index contributed by atoms with van der Waals surface area (Å²) >= 11 is 1.21. The highest BCUT2D eigenvalue weighted by Gasteiger charge is 2.20. The minimum atomic E-state index is -0.466. The molecule has 1 heterocycles. The van der Waals surface area contributed by atoms with Crippen LogP contribution in [0.3, 0.4) is 0 Å². The van der Waals surface area contributed by atoms with Gasteiger partial charge in [-0.2, -0.15) is 0 Å². The van der Waals surface area contributed by atoms with Gasteiger partial charge in [0.15, 0.2) is 11.0 Å². The zero-order valence-corrected chi connectivity index (χ0v) is 14.4. The lowest BCUT2D eigenvalue weighted by Gasteiger charge is -2.12. The minimum Gasteiger partial charge on any atom is -0.369 e. The second-order valence-electron chi connectivity index (χ2n) is 5.52. The highest BCUT2D eigenvalue weighted by molar-refractivity contribution is 8.00. The Morgan fingerprint density at radius 3 is 2.52 bits per heavy atom. The molecule has 0 saturated carbocycles. The van der Waals surface area contributed by atoms with E-state index in [1.165, 1.54) is 17.8 Å². The van der Waals surface area contributed by atoms with Crippen molar-refractivity contribution < 1.29 is 9.18 Å². The standard InChI is InChI=1S/C18H17FN4OS/c1-12(16(20)24)25-18-22-21-17(14-9-5-6-10-15(14)19)23(18)11-13-7-3-2-4-8-13/h2-10,12H,11H2,1H3,(H2,20,24)/t12-/m1/s1. The fourth-order valence-electron chi connectivity index (χ4n) is 2.34. The van der Waals surface area contributed by atoms with Crippen molar-refractivity contribution in [1.82, 2.24) is 14.8 Å². The quantitative estimate of drug-likeness (QED) is 0.689. The molecular weight excluding hydrogens is 339 g/mol. The predicted octanol–water partition coefficient (Wildman–Crippen LogP) is 3.10. The monoisotopic (exact) mass is 356 g/mol. The van der Waals surface area contributed by atoms with E-state index >= 15 is 0 Å². The number of carbonyl (C=O) groups excluding carboxylic acids is 1. The van der Waals surface area contributed by atoms with Crippen molar-refractivity contribution in [1.29, 1.82) is 0 Å². The van der Waals surface area contributed by atoms with Crippen LogP contribution in [-0.4, -0.2) is 25.9 Å². The summed E-state index contributed by atoms with van der Waals surface area (Å²) in [7, 11) is 0. The van der Waals surface area contributed by atoms with Crippen LogP contribution in [0, 0.1) is 5.82 Å². The lowest BCUT2D eigenvalue weighted by molar-refractivity contribution is -0.117. The number of primary amides is 1. The largest absolute Gasteiger partial charge is 0.369 e. The molecule has 0 aliphatic carbocycles. The molecule has 3 rings (SSSR count). The van der Waals surface area contributed by atoms with Crippen LogP contribution in [-0.2, 0) is 11.3 Å². The maximum absolute atomic E-state index is 14.2. The summed E-state index contributed by atoms with van der Waals surface area (Å²) in [5, 5.41) is 8.37. The topological polar surface area (TPSA) is 73.8 Å². The van der Waals surface area contributed by atoms with Gasteiger partial charge in [0.25, 0.3) is 0 Å². The molecule has 128 valence electrons. The van der Waals surface area contributed by atoms with Crippen LogP contribution in [0.1, 0.15) is 12.5 Å². The first kappa shape index (κ1) is 17.2. The number of hydrogen-bond donors (Lipinski definition) is 1. The summed E-state index contributed by atoms with van der Waals surface area (Å²) in [6, 6.07) is 16.2. The van der Waals surface area contributed by atoms with Gasteiger partial charge in [-0.05, 0) is 24.6 Å². The SMILES string of the molecule is C[C@@H](Sc1nnc(-c2ccccc2F)n1Cc1ccccc1)C(N)=O. The summed E-state index contributed by atoms with van der Waals surface area (Å²) in [6.45, 7) is 2.17. The molecule has 1 atom stereocenters. The molecule has 25 heavy (non-hydrogen) atoms. The number of hydrogen-bond acceptors (Lipinski definition) is 4. The molecule has 5 nitrogen and oxygen atoms in total. The van der Waals surface area contributed by atoms with Crippen molar-refractivity contribution in [2.45, 2.75) is 23.9 Å². The van der Waals surface area contributed by atoms with Crippen molar-refractivity contribution in [3.63, 3.8) is 0 Å². The van der Waals surface area contributed by atoms with E-state index in [-0.39, 0.29) is 5.82 Å². The van der Waals surface area contributed by atoms with Gasteiger partial charge in [0, 0.05) is 0 Å². The molecule has 2 N–H and O–H groups in total. The normalized spacial score (nSPS) is 12.1. The van der Waals surface area contributed by atoms with E-state index in [0.717, 1.165) is 5.56 Å². The lowest BCUT2D eigenvalue weighted by Crippen LogP contribution is -2.23. The van der Waals surface area contributed by atoms with Gasteiger partial charge in [0.2, 0.25) is 5.91 Å². The van der Waals surface area contributed by atoms with Gasteiger partial charge in [-0.1, -0.05) is 54.2 Å².